The lowest BCUT2D eigenvalue weighted by atomic mass is 10.0. The average Bonchev–Trinajstić information content (AvgIpc) is 3.05. The van der Waals surface area contributed by atoms with E-state index in [-0.39, 0.29) is 23.9 Å². The van der Waals surface area contributed by atoms with Crippen LogP contribution in [-0.2, 0) is 19.6 Å². The van der Waals surface area contributed by atoms with E-state index >= 15 is 0 Å². The van der Waals surface area contributed by atoms with Crippen molar-refractivity contribution in [2.45, 2.75) is 31.5 Å². The summed E-state index contributed by atoms with van der Waals surface area (Å²) in [5, 5.41) is 11.1. The highest BCUT2D eigenvalue weighted by Crippen LogP contribution is 2.35. The molecule has 2 heterocycles. The third kappa shape index (κ3) is 4.34. The molecule has 9 heteroatoms. The summed E-state index contributed by atoms with van der Waals surface area (Å²) >= 11 is 13.0. The Hall–Kier alpha value is -2.22. The number of aliphatic hydroxyl groups is 1. The molecule has 1 aliphatic rings. The summed E-state index contributed by atoms with van der Waals surface area (Å²) in [5.41, 5.74) is 1.25. The minimum absolute atomic E-state index is 0.212. The van der Waals surface area contributed by atoms with Gasteiger partial charge in [0.05, 0.1) is 22.3 Å². The number of nitrogens with zero attached hydrogens (tertiary/aromatic N) is 2. The van der Waals surface area contributed by atoms with Gasteiger partial charge in [0.15, 0.2) is 0 Å². The number of aryl methyl sites for hydroxylation is 1. The maximum absolute atomic E-state index is 13.1. The summed E-state index contributed by atoms with van der Waals surface area (Å²) in [7, 11) is 1.68. The van der Waals surface area contributed by atoms with Gasteiger partial charge in [0.1, 0.15) is 0 Å². The van der Waals surface area contributed by atoms with Crippen molar-refractivity contribution in [2.75, 3.05) is 13.1 Å². The SMILES string of the molecule is Cn1c(Cc2c(Cl)ccc(C(=O)N3CCCC(O)C3)c2Cl)cc2ccc(C(F)(F)F)cc21. The predicted octanol–water partition coefficient (Wildman–Crippen LogP) is 5.69. The zero-order valence-corrected chi connectivity index (χ0v) is 18.7. The van der Waals surface area contributed by atoms with Gasteiger partial charge in [-0.3, -0.25) is 4.79 Å². The maximum Gasteiger partial charge on any atom is 0.416 e. The first-order chi connectivity index (χ1) is 15.1. The number of fused-ring (bicyclic) bond motifs is 1. The van der Waals surface area contributed by atoms with Crippen LogP contribution < -0.4 is 0 Å². The van der Waals surface area contributed by atoms with E-state index in [1.807, 2.05) is 0 Å². The number of piperidine rings is 1. The molecule has 1 N–H and O–H groups in total. The fourth-order valence-electron chi connectivity index (χ4n) is 4.15. The van der Waals surface area contributed by atoms with Gasteiger partial charge in [-0.1, -0.05) is 29.3 Å². The van der Waals surface area contributed by atoms with Crippen LogP contribution in [0, 0.1) is 0 Å². The number of aliphatic hydroxyl groups excluding tert-OH is 1. The van der Waals surface area contributed by atoms with E-state index in [1.165, 1.54) is 6.07 Å². The van der Waals surface area contributed by atoms with Gasteiger partial charge in [-0.15, -0.1) is 0 Å². The molecular formula is C23H21Cl2F3N2O2. The van der Waals surface area contributed by atoms with Crippen molar-refractivity contribution in [3.63, 3.8) is 0 Å². The highest BCUT2D eigenvalue weighted by atomic mass is 35.5. The standard InChI is InChI=1S/C23H21Cl2F3N2O2/c1-29-15(9-13-4-5-14(10-20(13)29)23(26,27)28)11-18-19(24)7-6-17(21(18)25)22(32)30-8-2-3-16(31)12-30/h4-7,9-10,16,31H,2-3,8,11-12H2,1H3. The molecular weight excluding hydrogens is 464 g/mol. The van der Waals surface area contributed by atoms with Gasteiger partial charge in [-0.05, 0) is 54.1 Å². The first kappa shape index (κ1) is 23.0. The molecule has 0 bridgehead atoms. The van der Waals surface area contributed by atoms with Crippen LogP contribution >= 0.6 is 23.2 Å². The van der Waals surface area contributed by atoms with Gasteiger partial charge in [0.2, 0.25) is 0 Å². The smallest absolute Gasteiger partial charge is 0.391 e. The van der Waals surface area contributed by atoms with Crippen LogP contribution in [0.2, 0.25) is 10.0 Å². The first-order valence-electron chi connectivity index (χ1n) is 10.2. The molecule has 0 radical (unpaired) electrons. The number of halogens is 5. The molecule has 32 heavy (non-hydrogen) atoms. The van der Waals surface area contributed by atoms with Gasteiger partial charge in [-0.25, -0.2) is 0 Å². The maximum atomic E-state index is 13.1. The van der Waals surface area contributed by atoms with Crippen molar-refractivity contribution >= 4 is 40.0 Å². The molecule has 4 rings (SSSR count). The van der Waals surface area contributed by atoms with Crippen LogP contribution in [0.15, 0.2) is 36.4 Å². The molecule has 1 unspecified atom stereocenters. The van der Waals surface area contributed by atoms with Gasteiger partial charge in [-0.2, -0.15) is 13.2 Å². The Balaban J connectivity index is 1.69. The Morgan fingerprint density at radius 1 is 1.19 bits per heavy atom. The Morgan fingerprint density at radius 3 is 2.62 bits per heavy atom. The van der Waals surface area contributed by atoms with E-state index in [0.29, 0.717) is 52.1 Å². The Morgan fingerprint density at radius 2 is 1.94 bits per heavy atom. The van der Waals surface area contributed by atoms with Gasteiger partial charge in [0, 0.05) is 42.8 Å². The lowest BCUT2D eigenvalue weighted by molar-refractivity contribution is -0.137. The van der Waals surface area contributed by atoms with Crippen LogP contribution in [0.4, 0.5) is 13.2 Å². The van der Waals surface area contributed by atoms with Gasteiger partial charge in [0.25, 0.3) is 5.91 Å². The second-order valence-corrected chi connectivity index (χ2v) is 8.86. The van der Waals surface area contributed by atoms with Crippen molar-refractivity contribution in [1.29, 1.82) is 0 Å². The lowest BCUT2D eigenvalue weighted by Gasteiger charge is -2.30. The van der Waals surface area contributed by atoms with Crippen LogP contribution in [-0.4, -0.2) is 39.7 Å². The number of carbonyl (C=O) groups is 1. The summed E-state index contributed by atoms with van der Waals surface area (Å²) in [6.07, 6.45) is -3.38. The van der Waals surface area contributed by atoms with Crippen LogP contribution in [0.25, 0.3) is 10.9 Å². The summed E-state index contributed by atoms with van der Waals surface area (Å²) in [4.78, 5) is 14.6. The zero-order valence-electron chi connectivity index (χ0n) is 17.2. The van der Waals surface area contributed by atoms with Crippen molar-refractivity contribution < 1.29 is 23.1 Å². The fraction of sp³-hybridized carbons (Fsp3) is 0.348. The van der Waals surface area contributed by atoms with Crippen molar-refractivity contribution in [2.24, 2.45) is 7.05 Å². The Labute approximate surface area is 193 Å². The molecule has 3 aromatic rings. The van der Waals surface area contributed by atoms with E-state index in [1.54, 1.807) is 34.7 Å². The summed E-state index contributed by atoms with van der Waals surface area (Å²) in [6.45, 7) is 0.785. The third-order valence-electron chi connectivity index (χ3n) is 5.93. The van der Waals surface area contributed by atoms with Crippen LogP contribution in [0.3, 0.4) is 0 Å². The third-order valence-corrected chi connectivity index (χ3v) is 6.72. The minimum Gasteiger partial charge on any atom is -0.391 e. The molecule has 1 aromatic heterocycles. The lowest BCUT2D eigenvalue weighted by Crippen LogP contribution is -2.42. The number of aromatic nitrogens is 1. The predicted molar refractivity (Wildman–Crippen MR) is 118 cm³/mol. The van der Waals surface area contributed by atoms with E-state index in [9.17, 15) is 23.1 Å². The fourth-order valence-corrected chi connectivity index (χ4v) is 4.73. The molecule has 1 fully saturated rings. The molecule has 1 atom stereocenters. The molecule has 2 aromatic carbocycles. The number of likely N-dealkylation sites (tertiary alicyclic amines) is 1. The number of carbonyl (C=O) groups excluding carboxylic acids is 1. The summed E-state index contributed by atoms with van der Waals surface area (Å²) in [5.74, 6) is -0.279. The molecule has 170 valence electrons. The molecule has 1 saturated heterocycles. The molecule has 0 spiro atoms. The highest BCUT2D eigenvalue weighted by Gasteiger charge is 2.31. The average molecular weight is 485 g/mol. The van der Waals surface area contributed by atoms with Gasteiger partial charge < -0.3 is 14.6 Å². The van der Waals surface area contributed by atoms with Crippen LogP contribution in [0.5, 0.6) is 0 Å². The van der Waals surface area contributed by atoms with Crippen molar-refractivity contribution in [3.8, 4) is 0 Å². The van der Waals surface area contributed by atoms with Crippen LogP contribution in [0.1, 0.15) is 40.0 Å². The van der Waals surface area contributed by atoms with Crippen molar-refractivity contribution in [3.05, 3.63) is 68.8 Å². The normalized spacial score (nSPS) is 17.2. The van der Waals surface area contributed by atoms with E-state index in [4.69, 9.17) is 23.2 Å². The highest BCUT2D eigenvalue weighted by molar-refractivity contribution is 6.38. The molecule has 1 aliphatic heterocycles. The van der Waals surface area contributed by atoms with E-state index in [0.717, 1.165) is 12.1 Å². The zero-order chi connectivity index (χ0) is 23.2. The number of amides is 1. The molecule has 4 nitrogen and oxygen atoms in total. The first-order valence-corrected chi connectivity index (χ1v) is 10.9. The Kier molecular flexibility index (Phi) is 6.18. The van der Waals surface area contributed by atoms with Gasteiger partial charge >= 0.3 is 6.18 Å². The molecule has 0 aliphatic carbocycles. The van der Waals surface area contributed by atoms with E-state index < -0.39 is 17.8 Å². The number of hydrogen-bond acceptors (Lipinski definition) is 2. The molecule has 1 amide bonds. The van der Waals surface area contributed by atoms with E-state index in [2.05, 4.69) is 0 Å². The Bertz CT molecular complexity index is 1190. The minimum atomic E-state index is -4.43. The topological polar surface area (TPSA) is 45.5 Å². The quantitative estimate of drug-likeness (QED) is 0.518. The number of β-amino-alcohol motifs (C(OH)–C–C–N with tert-alkyl or cyclic N) is 1. The molecule has 0 saturated carbocycles. The number of rotatable bonds is 3. The summed E-state index contributed by atoms with van der Waals surface area (Å²) < 4.78 is 41.0. The number of benzene rings is 2. The second-order valence-electron chi connectivity index (χ2n) is 8.08. The summed E-state index contributed by atoms with van der Waals surface area (Å²) in [6, 6.07) is 8.56. The van der Waals surface area contributed by atoms with Crippen molar-refractivity contribution in [1.82, 2.24) is 9.47 Å². The number of hydrogen-bond donors (Lipinski definition) is 1. The largest absolute Gasteiger partial charge is 0.416 e. The number of alkyl halides is 3. The monoisotopic (exact) mass is 484 g/mol. The second kappa shape index (κ2) is 8.61.